The smallest absolute Gasteiger partial charge is 0.0538 e. The van der Waals surface area contributed by atoms with Crippen molar-refractivity contribution in [2.75, 3.05) is 13.1 Å². The summed E-state index contributed by atoms with van der Waals surface area (Å²) in [6.07, 6.45) is 10.5. The van der Waals surface area contributed by atoms with E-state index in [1.54, 1.807) is 0 Å². The highest BCUT2D eigenvalue weighted by Gasteiger charge is 2.34. The third-order valence-corrected chi connectivity index (χ3v) is 4.19. The Morgan fingerprint density at radius 2 is 2.25 bits per heavy atom. The molecule has 1 saturated carbocycles. The highest BCUT2D eigenvalue weighted by molar-refractivity contribution is 5.10. The lowest BCUT2D eigenvalue weighted by Crippen LogP contribution is -2.26. The van der Waals surface area contributed by atoms with E-state index in [1.807, 2.05) is 6.92 Å². The van der Waals surface area contributed by atoms with Crippen molar-refractivity contribution in [3.63, 3.8) is 0 Å². The largest absolute Gasteiger partial charge is 0.393 e. The lowest BCUT2D eigenvalue weighted by atomic mass is 9.93. The van der Waals surface area contributed by atoms with Gasteiger partial charge in [0.15, 0.2) is 0 Å². The Hall–Kier alpha value is -0.340. The number of aliphatic hydroxyl groups is 1. The van der Waals surface area contributed by atoms with E-state index in [-0.39, 0.29) is 6.10 Å². The van der Waals surface area contributed by atoms with E-state index >= 15 is 0 Å². The van der Waals surface area contributed by atoms with Crippen LogP contribution in [0.1, 0.15) is 39.0 Å². The Morgan fingerprint density at radius 3 is 2.88 bits per heavy atom. The van der Waals surface area contributed by atoms with Crippen molar-refractivity contribution in [1.82, 2.24) is 5.32 Å². The molecular formula is C14H25NO. The van der Waals surface area contributed by atoms with E-state index in [0.717, 1.165) is 43.6 Å². The molecule has 0 saturated heterocycles. The van der Waals surface area contributed by atoms with Gasteiger partial charge in [-0.15, -0.1) is 0 Å². The van der Waals surface area contributed by atoms with Crippen LogP contribution < -0.4 is 5.32 Å². The first-order valence-electron chi connectivity index (χ1n) is 6.86. The van der Waals surface area contributed by atoms with E-state index in [1.165, 1.54) is 19.4 Å². The summed E-state index contributed by atoms with van der Waals surface area (Å²) in [5.74, 6) is 2.63. The van der Waals surface area contributed by atoms with E-state index in [0.29, 0.717) is 0 Å². The van der Waals surface area contributed by atoms with Crippen molar-refractivity contribution in [3.05, 3.63) is 12.2 Å². The average molecular weight is 223 g/mol. The molecular weight excluding hydrogens is 198 g/mol. The maximum absolute atomic E-state index is 9.42. The van der Waals surface area contributed by atoms with Crippen LogP contribution in [0.15, 0.2) is 12.2 Å². The van der Waals surface area contributed by atoms with Crippen LogP contribution in [0.5, 0.6) is 0 Å². The summed E-state index contributed by atoms with van der Waals surface area (Å²) in [5.41, 5.74) is 0. The lowest BCUT2D eigenvalue weighted by Gasteiger charge is -2.18. The molecule has 0 amide bonds. The van der Waals surface area contributed by atoms with Crippen LogP contribution in [0.25, 0.3) is 0 Å². The van der Waals surface area contributed by atoms with Crippen LogP contribution in [0, 0.1) is 17.8 Å². The van der Waals surface area contributed by atoms with E-state index < -0.39 is 0 Å². The molecule has 4 atom stereocenters. The number of allylic oxidation sites excluding steroid dienone is 2. The minimum Gasteiger partial charge on any atom is -0.393 e. The Morgan fingerprint density at radius 1 is 1.38 bits per heavy atom. The third kappa shape index (κ3) is 3.08. The molecule has 2 rings (SSSR count). The summed E-state index contributed by atoms with van der Waals surface area (Å²) in [4.78, 5) is 0. The summed E-state index contributed by atoms with van der Waals surface area (Å²) in [6.45, 7) is 4.28. The van der Waals surface area contributed by atoms with Crippen molar-refractivity contribution in [1.29, 1.82) is 0 Å². The first-order chi connectivity index (χ1) is 7.79. The molecule has 0 heterocycles. The first kappa shape index (κ1) is 12.1. The van der Waals surface area contributed by atoms with Gasteiger partial charge in [0.25, 0.3) is 0 Å². The van der Waals surface area contributed by atoms with Crippen molar-refractivity contribution in [3.8, 4) is 0 Å². The molecule has 0 radical (unpaired) electrons. The number of hydrogen-bond acceptors (Lipinski definition) is 2. The fraction of sp³-hybridized carbons (Fsp3) is 0.857. The molecule has 0 aromatic carbocycles. The van der Waals surface area contributed by atoms with Crippen molar-refractivity contribution in [2.24, 2.45) is 17.8 Å². The number of aliphatic hydroxyl groups excluding tert-OH is 1. The Kier molecular flexibility index (Phi) is 4.42. The average Bonchev–Trinajstić information content (AvgIpc) is 2.90. The number of fused-ring (bicyclic) bond motifs is 2. The van der Waals surface area contributed by atoms with Crippen LogP contribution in [0.3, 0.4) is 0 Å². The minimum absolute atomic E-state index is 0.0905. The SMILES string of the molecule is CCC(O)CCCNCC1CC2C=CC1C2. The van der Waals surface area contributed by atoms with Crippen LogP contribution in [-0.4, -0.2) is 24.3 Å². The van der Waals surface area contributed by atoms with Gasteiger partial charge in [0.1, 0.15) is 0 Å². The molecule has 2 N–H and O–H groups in total. The predicted octanol–water partition coefficient (Wildman–Crippen LogP) is 2.34. The quantitative estimate of drug-likeness (QED) is 0.513. The maximum Gasteiger partial charge on any atom is 0.0538 e. The van der Waals surface area contributed by atoms with Gasteiger partial charge in [-0.2, -0.15) is 0 Å². The van der Waals surface area contributed by atoms with Gasteiger partial charge < -0.3 is 10.4 Å². The van der Waals surface area contributed by atoms with Crippen molar-refractivity contribution < 1.29 is 5.11 Å². The fourth-order valence-electron chi connectivity index (χ4n) is 3.08. The monoisotopic (exact) mass is 223 g/mol. The summed E-state index contributed by atoms with van der Waals surface area (Å²) in [6, 6.07) is 0. The predicted molar refractivity (Wildman–Crippen MR) is 67.2 cm³/mol. The molecule has 2 aliphatic carbocycles. The van der Waals surface area contributed by atoms with Crippen LogP contribution in [-0.2, 0) is 0 Å². The number of nitrogens with one attached hydrogen (secondary N) is 1. The van der Waals surface area contributed by atoms with E-state index in [2.05, 4.69) is 17.5 Å². The van der Waals surface area contributed by atoms with Crippen LogP contribution in [0.4, 0.5) is 0 Å². The summed E-state index contributed by atoms with van der Waals surface area (Å²) >= 11 is 0. The maximum atomic E-state index is 9.42. The Balaban J connectivity index is 1.51. The summed E-state index contributed by atoms with van der Waals surface area (Å²) in [5, 5.41) is 13.0. The van der Waals surface area contributed by atoms with Gasteiger partial charge in [-0.3, -0.25) is 0 Å². The van der Waals surface area contributed by atoms with Crippen molar-refractivity contribution >= 4 is 0 Å². The second-order valence-corrected chi connectivity index (χ2v) is 5.45. The molecule has 2 heteroatoms. The molecule has 0 aromatic rings. The molecule has 2 nitrogen and oxygen atoms in total. The summed E-state index contributed by atoms with van der Waals surface area (Å²) in [7, 11) is 0. The van der Waals surface area contributed by atoms with Gasteiger partial charge in [-0.05, 0) is 62.9 Å². The van der Waals surface area contributed by atoms with Gasteiger partial charge in [-0.1, -0.05) is 19.1 Å². The highest BCUT2D eigenvalue weighted by atomic mass is 16.3. The van der Waals surface area contributed by atoms with Crippen LogP contribution in [0.2, 0.25) is 0 Å². The normalized spacial score (nSPS) is 33.5. The second-order valence-electron chi connectivity index (χ2n) is 5.45. The number of hydrogen-bond donors (Lipinski definition) is 2. The molecule has 1 fully saturated rings. The van der Waals surface area contributed by atoms with Gasteiger partial charge in [0.2, 0.25) is 0 Å². The second kappa shape index (κ2) is 5.83. The zero-order valence-electron chi connectivity index (χ0n) is 10.4. The lowest BCUT2D eigenvalue weighted by molar-refractivity contribution is 0.157. The third-order valence-electron chi connectivity index (χ3n) is 4.19. The van der Waals surface area contributed by atoms with E-state index in [9.17, 15) is 5.11 Å². The zero-order valence-corrected chi connectivity index (χ0v) is 10.4. The molecule has 0 spiro atoms. The van der Waals surface area contributed by atoms with Crippen LogP contribution >= 0.6 is 0 Å². The summed E-state index contributed by atoms with van der Waals surface area (Å²) < 4.78 is 0. The van der Waals surface area contributed by atoms with Gasteiger partial charge in [0, 0.05) is 0 Å². The highest BCUT2D eigenvalue weighted by Crippen LogP contribution is 2.42. The molecule has 0 aliphatic heterocycles. The standard InChI is InChI=1S/C14H25NO/c1-2-14(16)4-3-7-15-10-13-9-11-5-6-12(13)8-11/h5-6,11-16H,2-4,7-10H2,1H3. The molecule has 2 bridgehead atoms. The first-order valence-corrected chi connectivity index (χ1v) is 6.86. The van der Waals surface area contributed by atoms with Gasteiger partial charge >= 0.3 is 0 Å². The van der Waals surface area contributed by atoms with Crippen molar-refractivity contribution in [2.45, 2.75) is 45.1 Å². The topological polar surface area (TPSA) is 32.3 Å². The molecule has 4 unspecified atom stereocenters. The zero-order chi connectivity index (χ0) is 11.4. The van der Waals surface area contributed by atoms with Gasteiger partial charge in [0.05, 0.1) is 6.10 Å². The van der Waals surface area contributed by atoms with E-state index in [4.69, 9.17) is 0 Å². The molecule has 0 aromatic heterocycles. The minimum atomic E-state index is -0.0905. The molecule has 16 heavy (non-hydrogen) atoms. The Labute approximate surface area is 99.1 Å². The fourth-order valence-corrected chi connectivity index (χ4v) is 3.08. The molecule has 92 valence electrons. The Bertz CT molecular complexity index is 239. The van der Waals surface area contributed by atoms with Gasteiger partial charge in [-0.25, -0.2) is 0 Å². The number of rotatable bonds is 7. The molecule has 2 aliphatic rings.